The Morgan fingerprint density at radius 2 is 1.80 bits per heavy atom. The zero-order chi connectivity index (χ0) is 14.7. The fraction of sp³-hybridized carbons (Fsp3) is 0.429. The van der Waals surface area contributed by atoms with Gasteiger partial charge in [-0.3, -0.25) is 9.59 Å². The second-order valence-corrected chi connectivity index (χ2v) is 4.82. The topological polar surface area (TPSA) is 60.9 Å². The molecule has 108 valence electrons. The molecule has 1 aliphatic heterocycles. The van der Waals surface area contributed by atoms with Crippen LogP contribution in [0.1, 0.15) is 6.92 Å². The number of aliphatic carboxylic acids is 1. The molecule has 1 atom stereocenters. The van der Waals surface area contributed by atoms with Crippen molar-refractivity contribution in [2.24, 2.45) is 5.92 Å². The van der Waals surface area contributed by atoms with Gasteiger partial charge in [0.15, 0.2) is 0 Å². The first kappa shape index (κ1) is 14.3. The molecule has 1 saturated heterocycles. The predicted molar refractivity (Wildman–Crippen MR) is 72.0 cm³/mol. The smallest absolute Gasteiger partial charge is 0.315 e. The lowest BCUT2D eigenvalue weighted by molar-refractivity contribution is -0.150. The summed E-state index contributed by atoms with van der Waals surface area (Å²) in [7, 11) is 0. The standard InChI is InChI=1S/C14H17FN2O3/c1-10(14(19)20)13(18)17-8-6-16(7-9-17)12-5-3-2-4-11(12)15/h2-5,10H,6-9H2,1H3,(H,19,20). The second-order valence-electron chi connectivity index (χ2n) is 4.82. The first-order chi connectivity index (χ1) is 9.50. The molecule has 0 radical (unpaired) electrons. The number of para-hydroxylation sites is 1. The number of carboxylic acid groups (broad SMARTS) is 1. The summed E-state index contributed by atoms with van der Waals surface area (Å²) < 4.78 is 13.7. The van der Waals surface area contributed by atoms with Gasteiger partial charge in [0.2, 0.25) is 5.91 Å². The number of amides is 1. The molecular weight excluding hydrogens is 263 g/mol. The van der Waals surface area contributed by atoms with Crippen molar-refractivity contribution in [1.29, 1.82) is 0 Å². The number of hydrogen-bond donors (Lipinski definition) is 1. The molecule has 0 aliphatic carbocycles. The van der Waals surface area contributed by atoms with Crippen LogP contribution in [0.5, 0.6) is 0 Å². The lowest BCUT2D eigenvalue weighted by Crippen LogP contribution is -2.51. The number of piperazine rings is 1. The molecule has 1 aromatic rings. The summed E-state index contributed by atoms with van der Waals surface area (Å²) >= 11 is 0. The van der Waals surface area contributed by atoms with E-state index in [-0.39, 0.29) is 11.7 Å². The first-order valence-electron chi connectivity index (χ1n) is 6.52. The van der Waals surface area contributed by atoms with Crippen LogP contribution < -0.4 is 4.90 Å². The molecule has 1 unspecified atom stereocenters. The Morgan fingerprint density at radius 3 is 2.35 bits per heavy atom. The van der Waals surface area contributed by atoms with Crippen LogP contribution in [0.25, 0.3) is 0 Å². The Labute approximate surface area is 116 Å². The zero-order valence-electron chi connectivity index (χ0n) is 11.3. The van der Waals surface area contributed by atoms with Gasteiger partial charge in [-0.25, -0.2) is 4.39 Å². The quantitative estimate of drug-likeness (QED) is 0.845. The Morgan fingerprint density at radius 1 is 1.20 bits per heavy atom. The normalized spacial score (nSPS) is 16.9. The molecule has 1 aliphatic rings. The molecule has 1 fully saturated rings. The molecule has 1 heterocycles. The van der Waals surface area contributed by atoms with E-state index in [1.54, 1.807) is 18.2 Å². The summed E-state index contributed by atoms with van der Waals surface area (Å²) in [4.78, 5) is 26.1. The van der Waals surface area contributed by atoms with Gasteiger partial charge in [0, 0.05) is 26.2 Å². The van der Waals surface area contributed by atoms with Crippen LogP contribution in [0, 0.1) is 11.7 Å². The maximum atomic E-state index is 13.7. The molecule has 0 aromatic heterocycles. The van der Waals surface area contributed by atoms with Crippen LogP contribution in [0.2, 0.25) is 0 Å². The molecule has 1 N–H and O–H groups in total. The number of anilines is 1. The van der Waals surface area contributed by atoms with Crippen molar-refractivity contribution in [1.82, 2.24) is 4.90 Å². The highest BCUT2D eigenvalue weighted by molar-refractivity contribution is 5.96. The van der Waals surface area contributed by atoms with Crippen molar-refractivity contribution >= 4 is 17.6 Å². The van der Waals surface area contributed by atoms with Gasteiger partial charge in [-0.2, -0.15) is 0 Å². The van der Waals surface area contributed by atoms with Crippen molar-refractivity contribution in [3.8, 4) is 0 Å². The van der Waals surface area contributed by atoms with Crippen LogP contribution >= 0.6 is 0 Å². The summed E-state index contributed by atoms with van der Waals surface area (Å²) in [6, 6.07) is 6.50. The van der Waals surface area contributed by atoms with Crippen LogP contribution in [-0.4, -0.2) is 48.1 Å². The third-order valence-corrected chi connectivity index (χ3v) is 3.53. The number of carbonyl (C=O) groups excluding carboxylic acids is 1. The summed E-state index contributed by atoms with van der Waals surface area (Å²) in [6.07, 6.45) is 0. The van der Waals surface area contributed by atoms with E-state index in [0.717, 1.165) is 0 Å². The summed E-state index contributed by atoms with van der Waals surface area (Å²) in [5.74, 6) is -2.82. The van der Waals surface area contributed by atoms with E-state index in [9.17, 15) is 14.0 Å². The molecule has 2 rings (SSSR count). The van der Waals surface area contributed by atoms with E-state index in [2.05, 4.69) is 0 Å². The molecule has 6 heteroatoms. The van der Waals surface area contributed by atoms with E-state index in [0.29, 0.717) is 31.9 Å². The number of carboxylic acids is 1. The van der Waals surface area contributed by atoms with Crippen molar-refractivity contribution < 1.29 is 19.1 Å². The van der Waals surface area contributed by atoms with E-state index < -0.39 is 11.9 Å². The molecule has 20 heavy (non-hydrogen) atoms. The van der Waals surface area contributed by atoms with Gasteiger partial charge in [0.25, 0.3) is 0 Å². The van der Waals surface area contributed by atoms with Crippen LogP contribution in [-0.2, 0) is 9.59 Å². The average molecular weight is 280 g/mol. The Kier molecular flexibility index (Phi) is 4.22. The fourth-order valence-corrected chi connectivity index (χ4v) is 2.26. The fourth-order valence-electron chi connectivity index (χ4n) is 2.26. The lowest BCUT2D eigenvalue weighted by Gasteiger charge is -2.36. The average Bonchev–Trinajstić information content (AvgIpc) is 2.46. The second kappa shape index (κ2) is 5.90. The van der Waals surface area contributed by atoms with Gasteiger partial charge in [0.05, 0.1) is 5.69 Å². The number of rotatable bonds is 3. The minimum atomic E-state index is -1.12. The summed E-state index contributed by atoms with van der Waals surface area (Å²) in [5.41, 5.74) is 0.519. The van der Waals surface area contributed by atoms with E-state index in [4.69, 9.17) is 5.11 Å². The van der Waals surface area contributed by atoms with Crippen LogP contribution in [0.3, 0.4) is 0 Å². The third-order valence-electron chi connectivity index (χ3n) is 3.53. The number of carbonyl (C=O) groups is 2. The Balaban J connectivity index is 1.98. The molecule has 0 spiro atoms. The van der Waals surface area contributed by atoms with E-state index in [1.807, 2.05) is 4.90 Å². The third kappa shape index (κ3) is 2.89. The predicted octanol–water partition coefficient (Wildman–Crippen LogP) is 1.19. The highest BCUT2D eigenvalue weighted by atomic mass is 19.1. The van der Waals surface area contributed by atoms with Gasteiger partial charge in [-0.1, -0.05) is 12.1 Å². The SMILES string of the molecule is CC(C(=O)O)C(=O)N1CCN(c2ccccc2F)CC1. The first-order valence-corrected chi connectivity index (χ1v) is 6.52. The maximum Gasteiger partial charge on any atom is 0.315 e. The highest BCUT2D eigenvalue weighted by Crippen LogP contribution is 2.20. The number of halogens is 1. The number of benzene rings is 1. The maximum absolute atomic E-state index is 13.7. The molecule has 1 amide bonds. The van der Waals surface area contributed by atoms with E-state index >= 15 is 0 Å². The largest absolute Gasteiger partial charge is 0.481 e. The van der Waals surface area contributed by atoms with Crippen LogP contribution in [0.15, 0.2) is 24.3 Å². The molecule has 1 aromatic carbocycles. The Bertz CT molecular complexity index is 513. The van der Waals surface area contributed by atoms with E-state index in [1.165, 1.54) is 17.9 Å². The zero-order valence-corrected chi connectivity index (χ0v) is 11.3. The van der Waals surface area contributed by atoms with Gasteiger partial charge < -0.3 is 14.9 Å². The Hall–Kier alpha value is -2.11. The highest BCUT2D eigenvalue weighted by Gasteiger charge is 2.29. The van der Waals surface area contributed by atoms with Gasteiger partial charge >= 0.3 is 5.97 Å². The number of nitrogens with zero attached hydrogens (tertiary/aromatic N) is 2. The van der Waals surface area contributed by atoms with Gasteiger partial charge in [-0.05, 0) is 19.1 Å². The molecular formula is C14H17FN2O3. The monoisotopic (exact) mass is 280 g/mol. The van der Waals surface area contributed by atoms with Gasteiger partial charge in [-0.15, -0.1) is 0 Å². The molecule has 5 nitrogen and oxygen atoms in total. The van der Waals surface area contributed by atoms with Crippen molar-refractivity contribution in [2.45, 2.75) is 6.92 Å². The van der Waals surface area contributed by atoms with Crippen molar-refractivity contribution in [2.75, 3.05) is 31.1 Å². The van der Waals surface area contributed by atoms with Crippen molar-refractivity contribution in [3.63, 3.8) is 0 Å². The molecule has 0 bridgehead atoms. The summed E-state index contributed by atoms with van der Waals surface area (Å²) in [6.45, 7) is 3.20. The van der Waals surface area contributed by atoms with Gasteiger partial charge in [0.1, 0.15) is 11.7 Å². The van der Waals surface area contributed by atoms with Crippen LogP contribution in [0.4, 0.5) is 10.1 Å². The minimum absolute atomic E-state index is 0.286. The summed E-state index contributed by atoms with van der Waals surface area (Å²) in [5, 5.41) is 8.84. The minimum Gasteiger partial charge on any atom is -0.481 e. The van der Waals surface area contributed by atoms with Crippen molar-refractivity contribution in [3.05, 3.63) is 30.1 Å². The molecule has 0 saturated carbocycles. The number of hydrogen-bond acceptors (Lipinski definition) is 3. The lowest BCUT2D eigenvalue weighted by atomic mass is 10.1.